The maximum atomic E-state index is 12.0. The number of thioether (sulfide) groups is 1. The predicted octanol–water partition coefficient (Wildman–Crippen LogP) is 5.22. The molecule has 1 heterocycles. The predicted molar refractivity (Wildman–Crippen MR) is 77.7 cm³/mol. The summed E-state index contributed by atoms with van der Waals surface area (Å²) in [6, 6.07) is 4.93. The minimum Gasteiger partial charge on any atom is -0.406 e. The van der Waals surface area contributed by atoms with E-state index in [0.29, 0.717) is 15.2 Å². The molecule has 2 rings (SSSR count). The molecule has 1 N–H and O–H groups in total. The second-order valence-corrected chi connectivity index (χ2v) is 6.60. The van der Waals surface area contributed by atoms with Crippen molar-refractivity contribution in [1.29, 1.82) is 0 Å². The van der Waals surface area contributed by atoms with Gasteiger partial charge in [0.05, 0.1) is 6.42 Å². The van der Waals surface area contributed by atoms with Crippen LogP contribution in [0, 0.1) is 0 Å². The van der Waals surface area contributed by atoms with Gasteiger partial charge in [0, 0.05) is 11.4 Å². The van der Waals surface area contributed by atoms with Crippen molar-refractivity contribution in [2.24, 2.45) is 0 Å². The molecular formula is C12H9F6N3OS2. The number of hydrogen-bond donors (Lipinski definition) is 1. The number of alkyl halides is 6. The van der Waals surface area contributed by atoms with Crippen molar-refractivity contribution in [2.75, 3.05) is 11.1 Å². The Morgan fingerprint density at radius 3 is 2.29 bits per heavy atom. The van der Waals surface area contributed by atoms with Gasteiger partial charge in [0.1, 0.15) is 5.75 Å². The molecule has 0 atom stereocenters. The van der Waals surface area contributed by atoms with Gasteiger partial charge >= 0.3 is 12.5 Å². The maximum Gasteiger partial charge on any atom is 0.573 e. The lowest BCUT2D eigenvalue weighted by atomic mass is 10.3. The van der Waals surface area contributed by atoms with Crippen molar-refractivity contribution in [1.82, 2.24) is 10.2 Å². The summed E-state index contributed by atoms with van der Waals surface area (Å²) in [6.45, 7) is 0. The monoisotopic (exact) mass is 389 g/mol. The van der Waals surface area contributed by atoms with Crippen molar-refractivity contribution >= 4 is 33.9 Å². The number of nitrogens with one attached hydrogen (secondary N) is 1. The summed E-state index contributed by atoms with van der Waals surface area (Å²) in [4.78, 5) is 0. The van der Waals surface area contributed by atoms with E-state index in [1.165, 1.54) is 12.1 Å². The highest BCUT2D eigenvalue weighted by Crippen LogP contribution is 2.31. The van der Waals surface area contributed by atoms with Gasteiger partial charge in [-0.25, -0.2) is 0 Å². The van der Waals surface area contributed by atoms with Crippen LogP contribution in [-0.4, -0.2) is 28.5 Å². The summed E-state index contributed by atoms with van der Waals surface area (Å²) in [5, 5.41) is 10.6. The van der Waals surface area contributed by atoms with Crippen LogP contribution >= 0.6 is 23.1 Å². The largest absolute Gasteiger partial charge is 0.573 e. The smallest absolute Gasteiger partial charge is 0.406 e. The molecule has 24 heavy (non-hydrogen) atoms. The topological polar surface area (TPSA) is 47.0 Å². The summed E-state index contributed by atoms with van der Waals surface area (Å²) >= 11 is 1.97. The Hall–Kier alpha value is -1.69. The Morgan fingerprint density at radius 1 is 1.04 bits per heavy atom. The fraction of sp³-hybridized carbons (Fsp3) is 0.333. The number of hydrogen-bond acceptors (Lipinski definition) is 6. The molecule has 0 radical (unpaired) electrons. The summed E-state index contributed by atoms with van der Waals surface area (Å²) in [5.74, 6) is -0.532. The summed E-state index contributed by atoms with van der Waals surface area (Å²) in [5.41, 5.74) is 0.438. The van der Waals surface area contributed by atoms with Crippen LogP contribution in [0.2, 0.25) is 0 Å². The zero-order valence-corrected chi connectivity index (χ0v) is 13.2. The first kappa shape index (κ1) is 18.6. The first-order valence-corrected chi connectivity index (χ1v) is 8.07. The van der Waals surface area contributed by atoms with E-state index in [2.05, 4.69) is 20.3 Å². The Labute approximate surface area is 140 Å². The molecule has 0 amide bonds. The number of rotatable bonds is 6. The molecule has 0 aliphatic rings. The molecule has 1 aromatic heterocycles. The van der Waals surface area contributed by atoms with E-state index in [4.69, 9.17) is 0 Å². The first-order valence-electron chi connectivity index (χ1n) is 6.27. The van der Waals surface area contributed by atoms with E-state index in [9.17, 15) is 26.3 Å². The van der Waals surface area contributed by atoms with Crippen LogP contribution in [0.15, 0.2) is 28.6 Å². The third kappa shape index (κ3) is 6.83. The van der Waals surface area contributed by atoms with E-state index >= 15 is 0 Å². The Kier molecular flexibility index (Phi) is 5.80. The second kappa shape index (κ2) is 7.47. The van der Waals surface area contributed by atoms with Crippen LogP contribution in [-0.2, 0) is 0 Å². The van der Waals surface area contributed by atoms with Gasteiger partial charge in [-0.05, 0) is 24.3 Å². The molecule has 2 aromatic rings. The number of ether oxygens (including phenoxy) is 1. The molecule has 0 fully saturated rings. The van der Waals surface area contributed by atoms with Crippen molar-refractivity contribution < 1.29 is 31.1 Å². The lowest BCUT2D eigenvalue weighted by Crippen LogP contribution is -2.16. The minimum absolute atomic E-state index is 0.165. The quantitative estimate of drug-likeness (QED) is 0.542. The van der Waals surface area contributed by atoms with Gasteiger partial charge in [0.25, 0.3) is 0 Å². The number of anilines is 2. The van der Waals surface area contributed by atoms with E-state index in [1.807, 2.05) is 0 Å². The Bertz CT molecular complexity index is 656. The highest BCUT2D eigenvalue weighted by atomic mass is 32.2. The summed E-state index contributed by atoms with van der Waals surface area (Å²) in [7, 11) is 0. The lowest BCUT2D eigenvalue weighted by Gasteiger charge is -2.09. The number of nitrogens with zero attached hydrogens (tertiary/aromatic N) is 2. The van der Waals surface area contributed by atoms with Crippen molar-refractivity contribution in [3.63, 3.8) is 0 Å². The van der Waals surface area contributed by atoms with Gasteiger partial charge in [0.15, 0.2) is 4.34 Å². The van der Waals surface area contributed by atoms with Crippen LogP contribution in [0.1, 0.15) is 6.42 Å². The first-order chi connectivity index (χ1) is 11.1. The zero-order valence-electron chi connectivity index (χ0n) is 11.6. The molecule has 0 unspecified atom stereocenters. The number of aromatic nitrogens is 2. The molecular weight excluding hydrogens is 380 g/mol. The van der Waals surface area contributed by atoms with Gasteiger partial charge in [0.2, 0.25) is 5.13 Å². The maximum absolute atomic E-state index is 12.0. The van der Waals surface area contributed by atoms with Crippen LogP contribution in [0.4, 0.5) is 37.2 Å². The summed E-state index contributed by atoms with van der Waals surface area (Å²) in [6.07, 6.45) is -9.92. The standard InChI is InChI=1S/C12H9F6N3OS2/c13-11(14,15)5-6-23-10-21-20-9(24-10)19-7-1-3-8(4-2-7)22-12(16,17)18/h1-4H,5-6H2,(H,19,20). The van der Waals surface area contributed by atoms with E-state index < -0.39 is 19.0 Å². The second-order valence-electron chi connectivity index (χ2n) is 4.28. The van der Waals surface area contributed by atoms with Gasteiger partial charge in [-0.2, -0.15) is 13.2 Å². The Balaban J connectivity index is 1.88. The molecule has 0 aliphatic heterocycles. The molecule has 0 saturated heterocycles. The number of halogens is 6. The van der Waals surface area contributed by atoms with Crippen LogP contribution < -0.4 is 10.1 Å². The highest BCUT2D eigenvalue weighted by Gasteiger charge is 2.31. The number of benzene rings is 1. The van der Waals surface area contributed by atoms with Crippen LogP contribution in [0.5, 0.6) is 5.75 Å². The van der Waals surface area contributed by atoms with Gasteiger partial charge in [-0.3, -0.25) is 0 Å². The van der Waals surface area contributed by atoms with Crippen LogP contribution in [0.3, 0.4) is 0 Å². The molecule has 12 heteroatoms. The molecule has 4 nitrogen and oxygen atoms in total. The molecule has 0 bridgehead atoms. The van der Waals surface area contributed by atoms with Crippen molar-refractivity contribution in [3.05, 3.63) is 24.3 Å². The summed E-state index contributed by atoms with van der Waals surface area (Å²) < 4.78 is 76.4. The highest BCUT2D eigenvalue weighted by molar-refractivity contribution is 8.01. The Morgan fingerprint density at radius 2 is 1.71 bits per heavy atom. The minimum atomic E-state index is -4.77. The lowest BCUT2D eigenvalue weighted by molar-refractivity contribution is -0.274. The fourth-order valence-corrected chi connectivity index (χ4v) is 3.26. The average Bonchev–Trinajstić information content (AvgIpc) is 2.85. The fourth-order valence-electron chi connectivity index (χ4n) is 1.44. The van der Waals surface area contributed by atoms with E-state index in [-0.39, 0.29) is 11.5 Å². The van der Waals surface area contributed by atoms with E-state index in [0.717, 1.165) is 35.2 Å². The third-order valence-corrected chi connectivity index (χ3v) is 4.33. The molecule has 0 aliphatic carbocycles. The van der Waals surface area contributed by atoms with Crippen molar-refractivity contribution in [2.45, 2.75) is 23.3 Å². The van der Waals surface area contributed by atoms with Gasteiger partial charge < -0.3 is 10.1 Å². The SMILES string of the molecule is FC(F)(F)CCSc1nnc(Nc2ccc(OC(F)(F)F)cc2)s1. The molecule has 1 aromatic carbocycles. The van der Waals surface area contributed by atoms with Gasteiger partial charge in [-0.1, -0.05) is 23.1 Å². The zero-order chi connectivity index (χ0) is 17.8. The molecule has 132 valence electrons. The average molecular weight is 389 g/mol. The normalized spacial score (nSPS) is 12.2. The van der Waals surface area contributed by atoms with E-state index in [1.54, 1.807) is 0 Å². The van der Waals surface area contributed by atoms with Gasteiger partial charge in [-0.15, -0.1) is 23.4 Å². The third-order valence-electron chi connectivity index (χ3n) is 2.36. The molecule has 0 spiro atoms. The molecule has 0 saturated carbocycles. The van der Waals surface area contributed by atoms with Crippen LogP contribution in [0.25, 0.3) is 0 Å². The van der Waals surface area contributed by atoms with Crippen molar-refractivity contribution in [3.8, 4) is 5.75 Å².